The lowest BCUT2D eigenvalue weighted by Crippen LogP contribution is -2.47. The van der Waals surface area contributed by atoms with E-state index in [9.17, 15) is 24.0 Å². The van der Waals surface area contributed by atoms with Gasteiger partial charge in [0, 0.05) is 32.5 Å². The van der Waals surface area contributed by atoms with E-state index in [-0.39, 0.29) is 49.2 Å². The molecule has 1 aliphatic rings. The molecule has 1 aliphatic heterocycles. The van der Waals surface area contributed by atoms with Gasteiger partial charge in [-0.25, -0.2) is 4.68 Å². The average molecular weight is 518 g/mol. The Morgan fingerprint density at radius 3 is 2.30 bits per heavy atom. The van der Waals surface area contributed by atoms with E-state index in [1.165, 1.54) is 9.58 Å². The second kappa shape index (κ2) is 15.0. The predicted octanol–water partition coefficient (Wildman–Crippen LogP) is 0.871. The lowest BCUT2D eigenvalue weighted by Gasteiger charge is -2.27. The molecule has 2 atom stereocenters. The molecular formula is C25H39N7O5. The quantitative estimate of drug-likeness (QED) is 0.242. The highest BCUT2D eigenvalue weighted by atomic mass is 16.2. The maximum Gasteiger partial charge on any atom is 0.268 e. The van der Waals surface area contributed by atoms with Crippen LogP contribution in [0.15, 0.2) is 11.8 Å². The SMILES string of the molecule is CCCC(CCC)C(=O)NCC(Cc1nnnn1C)C(=O)N1CCC=C1C(=O)NC(CCC)C(=O)C=O. The van der Waals surface area contributed by atoms with E-state index in [2.05, 4.69) is 26.2 Å². The van der Waals surface area contributed by atoms with Crippen molar-refractivity contribution in [3.05, 3.63) is 17.6 Å². The number of tetrazole rings is 1. The normalized spacial score (nSPS) is 14.7. The summed E-state index contributed by atoms with van der Waals surface area (Å²) in [5, 5.41) is 17.0. The molecule has 204 valence electrons. The molecule has 0 aliphatic carbocycles. The zero-order valence-corrected chi connectivity index (χ0v) is 22.2. The molecule has 0 saturated carbocycles. The molecule has 1 aromatic rings. The monoisotopic (exact) mass is 517 g/mol. The summed E-state index contributed by atoms with van der Waals surface area (Å²) in [5.41, 5.74) is 0.132. The first-order valence-corrected chi connectivity index (χ1v) is 13.1. The van der Waals surface area contributed by atoms with Crippen molar-refractivity contribution in [1.29, 1.82) is 0 Å². The number of nitrogens with zero attached hydrogens (tertiary/aromatic N) is 5. The number of ketones is 1. The molecule has 37 heavy (non-hydrogen) atoms. The van der Waals surface area contributed by atoms with Gasteiger partial charge in [-0.1, -0.05) is 46.1 Å². The highest BCUT2D eigenvalue weighted by molar-refractivity contribution is 6.28. The Hall–Kier alpha value is -3.44. The summed E-state index contributed by atoms with van der Waals surface area (Å²) in [6.07, 6.45) is 6.68. The third kappa shape index (κ3) is 8.29. The molecule has 3 amide bonds. The Morgan fingerprint density at radius 2 is 1.73 bits per heavy atom. The average Bonchev–Trinajstić information content (AvgIpc) is 3.54. The molecular weight excluding hydrogens is 478 g/mol. The number of aromatic nitrogens is 4. The van der Waals surface area contributed by atoms with Crippen LogP contribution in [0.1, 0.15) is 71.5 Å². The number of aldehydes is 1. The Bertz CT molecular complexity index is 984. The maximum atomic E-state index is 13.7. The summed E-state index contributed by atoms with van der Waals surface area (Å²) in [5.74, 6) is -2.11. The third-order valence-corrected chi connectivity index (χ3v) is 6.48. The van der Waals surface area contributed by atoms with E-state index in [1.807, 2.05) is 20.8 Å². The fourth-order valence-corrected chi connectivity index (χ4v) is 4.47. The summed E-state index contributed by atoms with van der Waals surface area (Å²) in [7, 11) is 1.67. The number of aryl methyl sites for hydroxylation is 1. The van der Waals surface area contributed by atoms with Gasteiger partial charge in [0.05, 0.1) is 12.0 Å². The summed E-state index contributed by atoms with van der Waals surface area (Å²) >= 11 is 0. The Balaban J connectivity index is 2.20. The van der Waals surface area contributed by atoms with Crippen LogP contribution in [0, 0.1) is 11.8 Å². The molecule has 12 heteroatoms. The molecule has 0 bridgehead atoms. The lowest BCUT2D eigenvalue weighted by atomic mass is 9.96. The number of rotatable bonds is 16. The van der Waals surface area contributed by atoms with Crippen LogP contribution in [0.25, 0.3) is 0 Å². The largest absolute Gasteiger partial charge is 0.355 e. The number of hydrogen-bond acceptors (Lipinski definition) is 8. The molecule has 2 N–H and O–H groups in total. The fraction of sp³-hybridized carbons (Fsp3) is 0.680. The van der Waals surface area contributed by atoms with Crippen LogP contribution in [-0.4, -0.2) is 74.0 Å². The van der Waals surface area contributed by atoms with Crippen molar-refractivity contribution < 1.29 is 24.0 Å². The van der Waals surface area contributed by atoms with Crippen molar-refractivity contribution in [1.82, 2.24) is 35.7 Å². The Labute approximate surface area is 217 Å². The molecule has 0 aromatic carbocycles. The van der Waals surface area contributed by atoms with Crippen molar-refractivity contribution in [3.63, 3.8) is 0 Å². The first-order chi connectivity index (χ1) is 17.8. The molecule has 0 radical (unpaired) electrons. The van der Waals surface area contributed by atoms with Crippen LogP contribution in [0.4, 0.5) is 0 Å². The van der Waals surface area contributed by atoms with Gasteiger partial charge in [-0.15, -0.1) is 5.10 Å². The van der Waals surface area contributed by atoms with Crippen molar-refractivity contribution in [2.75, 3.05) is 13.1 Å². The minimum Gasteiger partial charge on any atom is -0.355 e. The van der Waals surface area contributed by atoms with E-state index in [1.54, 1.807) is 13.1 Å². The molecule has 2 rings (SSSR count). The van der Waals surface area contributed by atoms with Crippen molar-refractivity contribution >= 4 is 29.8 Å². The van der Waals surface area contributed by atoms with E-state index < -0.39 is 23.7 Å². The van der Waals surface area contributed by atoms with Crippen molar-refractivity contribution in [2.24, 2.45) is 18.9 Å². The van der Waals surface area contributed by atoms with Gasteiger partial charge in [-0.05, 0) is 36.1 Å². The maximum absolute atomic E-state index is 13.7. The molecule has 2 heterocycles. The number of carbonyl (C=O) groups excluding carboxylic acids is 5. The van der Waals surface area contributed by atoms with Crippen molar-refractivity contribution in [3.8, 4) is 0 Å². The van der Waals surface area contributed by atoms with Gasteiger partial charge in [0.1, 0.15) is 5.70 Å². The zero-order chi connectivity index (χ0) is 27.4. The molecule has 0 saturated heterocycles. The minimum atomic E-state index is -0.942. The van der Waals surface area contributed by atoms with Gasteiger partial charge >= 0.3 is 0 Å². The molecule has 12 nitrogen and oxygen atoms in total. The van der Waals surface area contributed by atoms with Crippen molar-refractivity contribution in [2.45, 2.75) is 78.2 Å². The van der Waals surface area contributed by atoms with Gasteiger partial charge in [0.2, 0.25) is 17.6 Å². The number of carbonyl (C=O) groups is 5. The highest BCUT2D eigenvalue weighted by Crippen LogP contribution is 2.21. The second-order valence-electron chi connectivity index (χ2n) is 9.34. The number of amides is 3. The molecule has 2 unspecified atom stereocenters. The molecule has 0 fully saturated rings. The second-order valence-corrected chi connectivity index (χ2v) is 9.34. The van der Waals surface area contributed by atoms with Gasteiger partial charge < -0.3 is 15.5 Å². The standard InChI is InChI=1S/C25H39N7O5/c1-5-9-17(10-6-2)23(35)26-15-18(14-22-28-29-30-31(22)4)25(37)32-13-8-12-20(32)24(36)27-19(11-7-3)21(34)16-33/h12,16-19H,5-11,13-15H2,1-4H3,(H,26,35)(H,27,36). The van der Waals surface area contributed by atoms with Crippen LogP contribution >= 0.6 is 0 Å². The molecule has 1 aromatic heterocycles. The van der Waals surface area contributed by atoms with Gasteiger partial charge in [-0.3, -0.25) is 24.0 Å². The van der Waals surface area contributed by atoms with E-state index >= 15 is 0 Å². The number of nitrogens with one attached hydrogen (secondary N) is 2. The van der Waals surface area contributed by atoms with Crippen LogP contribution in [0.3, 0.4) is 0 Å². The van der Waals surface area contributed by atoms with Crippen LogP contribution in [-0.2, 0) is 37.4 Å². The van der Waals surface area contributed by atoms with Gasteiger partial charge in [0.25, 0.3) is 5.91 Å². The predicted molar refractivity (Wildman–Crippen MR) is 135 cm³/mol. The Morgan fingerprint density at radius 1 is 1.05 bits per heavy atom. The fourth-order valence-electron chi connectivity index (χ4n) is 4.47. The molecule has 0 spiro atoms. The first-order valence-electron chi connectivity index (χ1n) is 13.1. The van der Waals surface area contributed by atoms with E-state index in [0.29, 0.717) is 25.1 Å². The topological polar surface area (TPSA) is 156 Å². The summed E-state index contributed by atoms with van der Waals surface area (Å²) in [6.45, 7) is 6.26. The van der Waals surface area contributed by atoms with E-state index in [0.717, 1.165) is 25.7 Å². The Kier molecular flexibility index (Phi) is 12.0. The van der Waals surface area contributed by atoms with E-state index in [4.69, 9.17) is 0 Å². The third-order valence-electron chi connectivity index (χ3n) is 6.48. The number of hydrogen-bond donors (Lipinski definition) is 2. The van der Waals surface area contributed by atoms with Crippen LogP contribution < -0.4 is 10.6 Å². The van der Waals surface area contributed by atoms with Crippen LogP contribution in [0.2, 0.25) is 0 Å². The zero-order valence-electron chi connectivity index (χ0n) is 22.2. The summed E-state index contributed by atoms with van der Waals surface area (Å²) in [6, 6.07) is -0.942. The number of Topliss-reactive ketones (excluding diaryl/α,β-unsaturated/α-hetero) is 1. The summed E-state index contributed by atoms with van der Waals surface area (Å²) < 4.78 is 1.47. The smallest absolute Gasteiger partial charge is 0.268 e. The highest BCUT2D eigenvalue weighted by Gasteiger charge is 2.34. The lowest BCUT2D eigenvalue weighted by molar-refractivity contribution is -0.137. The van der Waals surface area contributed by atoms with Gasteiger partial charge in [-0.2, -0.15) is 0 Å². The summed E-state index contributed by atoms with van der Waals surface area (Å²) in [4.78, 5) is 63.9. The van der Waals surface area contributed by atoms with Gasteiger partial charge in [0.15, 0.2) is 12.1 Å². The minimum absolute atomic E-state index is 0.0714. The van der Waals surface area contributed by atoms with Crippen LogP contribution in [0.5, 0.6) is 0 Å². The first kappa shape index (κ1) is 29.8.